The molecule has 0 radical (unpaired) electrons. The quantitative estimate of drug-likeness (QED) is 0.865. The maximum Gasteiger partial charge on any atom is 0.242 e. The van der Waals surface area contributed by atoms with Gasteiger partial charge in [-0.15, -0.1) is 12.4 Å². The average Bonchev–Trinajstić information content (AvgIpc) is 2.35. The number of rotatable bonds is 6. The highest BCUT2D eigenvalue weighted by Gasteiger charge is 2.19. The maximum atomic E-state index is 12.1. The van der Waals surface area contributed by atoms with Crippen LogP contribution in [0.5, 0.6) is 0 Å². The third-order valence-electron chi connectivity index (χ3n) is 2.72. The van der Waals surface area contributed by atoms with Crippen LogP contribution in [0.3, 0.4) is 0 Å². The first kappa shape index (κ1) is 17.4. The van der Waals surface area contributed by atoms with Gasteiger partial charge in [-0.2, -0.15) is 4.31 Å². The van der Waals surface area contributed by atoms with Gasteiger partial charge in [0, 0.05) is 20.1 Å². The van der Waals surface area contributed by atoms with Crippen LogP contribution in [0.15, 0.2) is 29.2 Å². The molecule has 0 spiro atoms. The number of aryl methyl sites for hydroxylation is 1. The summed E-state index contributed by atoms with van der Waals surface area (Å²) in [6.45, 7) is 3.15. The highest BCUT2D eigenvalue weighted by molar-refractivity contribution is 7.89. The Bertz CT molecular complexity index is 446. The van der Waals surface area contributed by atoms with Gasteiger partial charge in [0.05, 0.1) is 4.90 Å². The maximum absolute atomic E-state index is 12.1. The Morgan fingerprint density at radius 2 is 1.78 bits per heavy atom. The topological polar surface area (TPSA) is 49.4 Å². The number of nitrogens with zero attached hydrogens (tertiary/aromatic N) is 1. The van der Waals surface area contributed by atoms with Crippen LogP contribution in [-0.2, 0) is 16.4 Å². The van der Waals surface area contributed by atoms with E-state index in [0.29, 0.717) is 18.0 Å². The zero-order valence-electron chi connectivity index (χ0n) is 11.0. The van der Waals surface area contributed by atoms with Crippen molar-refractivity contribution in [3.63, 3.8) is 0 Å². The first-order valence-electron chi connectivity index (χ1n) is 5.72. The molecule has 0 heterocycles. The SMILES string of the molecule is CCc1ccc(S(=O)(=O)N(C)CCNC)cc1.Cl. The van der Waals surface area contributed by atoms with Crippen molar-refractivity contribution in [1.29, 1.82) is 0 Å². The molecule has 0 amide bonds. The fourth-order valence-corrected chi connectivity index (χ4v) is 2.64. The summed E-state index contributed by atoms with van der Waals surface area (Å²) >= 11 is 0. The fraction of sp³-hybridized carbons (Fsp3) is 0.500. The monoisotopic (exact) mass is 292 g/mol. The van der Waals surface area contributed by atoms with Crippen molar-refractivity contribution in [2.75, 3.05) is 27.2 Å². The standard InChI is InChI=1S/C12H20N2O2S.ClH/c1-4-11-5-7-12(8-6-11)17(15,16)14(3)10-9-13-2;/h5-8,13H,4,9-10H2,1-3H3;1H. The Balaban J connectivity index is 0.00000289. The molecule has 1 aromatic carbocycles. The van der Waals surface area contributed by atoms with Crippen LogP contribution >= 0.6 is 12.4 Å². The van der Waals surface area contributed by atoms with Crippen molar-refractivity contribution < 1.29 is 8.42 Å². The summed E-state index contributed by atoms with van der Waals surface area (Å²) in [5, 5.41) is 2.93. The van der Waals surface area contributed by atoms with Crippen molar-refractivity contribution in [1.82, 2.24) is 9.62 Å². The summed E-state index contributed by atoms with van der Waals surface area (Å²) < 4.78 is 25.6. The predicted molar refractivity (Wildman–Crippen MR) is 76.8 cm³/mol. The van der Waals surface area contributed by atoms with E-state index in [9.17, 15) is 8.42 Å². The van der Waals surface area contributed by atoms with Gasteiger partial charge in [0.1, 0.15) is 0 Å². The molecular weight excluding hydrogens is 272 g/mol. The van der Waals surface area contributed by atoms with E-state index in [1.165, 1.54) is 4.31 Å². The lowest BCUT2D eigenvalue weighted by Crippen LogP contribution is -2.32. The number of likely N-dealkylation sites (N-methyl/N-ethyl adjacent to an activating group) is 2. The minimum Gasteiger partial charge on any atom is -0.318 e. The lowest BCUT2D eigenvalue weighted by molar-refractivity contribution is 0.466. The third kappa shape index (κ3) is 4.24. The Morgan fingerprint density at radius 3 is 2.22 bits per heavy atom. The van der Waals surface area contributed by atoms with Crippen molar-refractivity contribution in [3.05, 3.63) is 29.8 Å². The lowest BCUT2D eigenvalue weighted by atomic mass is 10.2. The number of halogens is 1. The van der Waals surface area contributed by atoms with Gasteiger partial charge >= 0.3 is 0 Å². The molecule has 0 aliphatic rings. The molecule has 0 atom stereocenters. The van der Waals surface area contributed by atoms with Gasteiger partial charge in [-0.05, 0) is 31.2 Å². The van der Waals surface area contributed by atoms with E-state index >= 15 is 0 Å². The van der Waals surface area contributed by atoms with Crippen LogP contribution in [0.4, 0.5) is 0 Å². The van der Waals surface area contributed by atoms with E-state index in [4.69, 9.17) is 0 Å². The summed E-state index contributed by atoms with van der Waals surface area (Å²) in [6, 6.07) is 7.06. The number of hydrogen-bond acceptors (Lipinski definition) is 3. The van der Waals surface area contributed by atoms with Gasteiger partial charge in [0.2, 0.25) is 10.0 Å². The van der Waals surface area contributed by atoms with Crippen molar-refractivity contribution >= 4 is 22.4 Å². The van der Waals surface area contributed by atoms with Crippen LogP contribution in [0.2, 0.25) is 0 Å². The van der Waals surface area contributed by atoms with Crippen LogP contribution in [0.1, 0.15) is 12.5 Å². The molecule has 0 unspecified atom stereocenters. The third-order valence-corrected chi connectivity index (χ3v) is 4.59. The Labute approximate surface area is 116 Å². The molecule has 0 saturated carbocycles. The van der Waals surface area contributed by atoms with Crippen LogP contribution in [0, 0.1) is 0 Å². The Kier molecular flexibility index (Phi) is 7.47. The van der Waals surface area contributed by atoms with E-state index in [1.807, 2.05) is 19.1 Å². The first-order chi connectivity index (χ1) is 8.02. The molecule has 6 heteroatoms. The van der Waals surface area contributed by atoms with E-state index in [1.54, 1.807) is 26.2 Å². The van der Waals surface area contributed by atoms with Gasteiger partial charge in [0.15, 0.2) is 0 Å². The summed E-state index contributed by atoms with van der Waals surface area (Å²) in [4.78, 5) is 0.355. The largest absolute Gasteiger partial charge is 0.318 e. The Hall–Kier alpha value is -0.620. The second kappa shape index (κ2) is 7.74. The zero-order chi connectivity index (χ0) is 12.9. The molecular formula is C12H21ClN2O2S. The molecule has 0 saturated heterocycles. The molecule has 18 heavy (non-hydrogen) atoms. The van der Waals surface area contributed by atoms with Crippen LogP contribution in [0.25, 0.3) is 0 Å². The van der Waals surface area contributed by atoms with E-state index < -0.39 is 10.0 Å². The molecule has 4 nitrogen and oxygen atoms in total. The van der Waals surface area contributed by atoms with E-state index in [0.717, 1.165) is 12.0 Å². The van der Waals surface area contributed by atoms with Gasteiger partial charge in [-0.1, -0.05) is 19.1 Å². The van der Waals surface area contributed by atoms with Crippen LogP contribution in [-0.4, -0.2) is 39.9 Å². The summed E-state index contributed by atoms with van der Waals surface area (Å²) in [5.74, 6) is 0. The van der Waals surface area contributed by atoms with Gasteiger partial charge in [-0.3, -0.25) is 0 Å². The number of hydrogen-bond donors (Lipinski definition) is 1. The van der Waals surface area contributed by atoms with Crippen molar-refractivity contribution in [2.45, 2.75) is 18.2 Å². The normalized spacial score (nSPS) is 11.3. The fourth-order valence-electron chi connectivity index (χ4n) is 1.47. The molecule has 0 aromatic heterocycles. The smallest absolute Gasteiger partial charge is 0.242 e. The molecule has 1 rings (SSSR count). The highest BCUT2D eigenvalue weighted by Crippen LogP contribution is 2.15. The minimum atomic E-state index is -3.34. The summed E-state index contributed by atoms with van der Waals surface area (Å²) in [5.41, 5.74) is 1.14. The van der Waals surface area contributed by atoms with E-state index in [-0.39, 0.29) is 12.4 Å². The molecule has 1 N–H and O–H groups in total. The summed E-state index contributed by atoms with van der Waals surface area (Å²) in [7, 11) is 0.0568. The highest BCUT2D eigenvalue weighted by atomic mass is 35.5. The molecule has 0 bridgehead atoms. The molecule has 104 valence electrons. The average molecular weight is 293 g/mol. The van der Waals surface area contributed by atoms with Gasteiger partial charge in [-0.25, -0.2) is 8.42 Å². The Morgan fingerprint density at radius 1 is 1.22 bits per heavy atom. The second-order valence-electron chi connectivity index (χ2n) is 3.93. The summed E-state index contributed by atoms with van der Waals surface area (Å²) in [6.07, 6.45) is 0.913. The lowest BCUT2D eigenvalue weighted by Gasteiger charge is -2.17. The van der Waals surface area contributed by atoms with E-state index in [2.05, 4.69) is 5.32 Å². The van der Waals surface area contributed by atoms with Crippen molar-refractivity contribution in [2.24, 2.45) is 0 Å². The predicted octanol–water partition coefficient (Wildman–Crippen LogP) is 1.51. The molecule has 0 aliphatic heterocycles. The molecule has 0 aliphatic carbocycles. The minimum absolute atomic E-state index is 0. The number of nitrogens with one attached hydrogen (secondary N) is 1. The van der Waals surface area contributed by atoms with Crippen LogP contribution < -0.4 is 5.32 Å². The zero-order valence-corrected chi connectivity index (χ0v) is 12.6. The first-order valence-corrected chi connectivity index (χ1v) is 7.16. The van der Waals surface area contributed by atoms with Gasteiger partial charge in [0.25, 0.3) is 0 Å². The van der Waals surface area contributed by atoms with Crippen molar-refractivity contribution in [3.8, 4) is 0 Å². The molecule has 1 aromatic rings. The molecule has 0 fully saturated rings. The number of sulfonamides is 1. The number of benzene rings is 1. The van der Waals surface area contributed by atoms with Gasteiger partial charge < -0.3 is 5.32 Å². The second-order valence-corrected chi connectivity index (χ2v) is 5.97.